The summed E-state index contributed by atoms with van der Waals surface area (Å²) in [6.07, 6.45) is 3.27. The Kier molecular flexibility index (Phi) is 6.48. The molecule has 0 radical (unpaired) electrons. The summed E-state index contributed by atoms with van der Waals surface area (Å²) in [7, 11) is 0. The van der Waals surface area contributed by atoms with Crippen molar-refractivity contribution in [3.63, 3.8) is 0 Å². The lowest BCUT2D eigenvalue weighted by Crippen LogP contribution is -2.44. The first-order valence-electron chi connectivity index (χ1n) is 7.82. The zero-order chi connectivity index (χ0) is 16.7. The van der Waals surface area contributed by atoms with Gasteiger partial charge in [0, 0.05) is 0 Å². The number of carbonyl (C=O) groups is 4. The molecule has 9 heteroatoms. The van der Waals surface area contributed by atoms with Crippen molar-refractivity contribution in [1.82, 2.24) is 21.3 Å². The van der Waals surface area contributed by atoms with Crippen LogP contribution in [0.5, 0.6) is 0 Å². The minimum absolute atomic E-state index is 0.285. The fraction of sp³-hybridized carbons (Fsp3) is 0.714. The first kappa shape index (κ1) is 17.4. The highest BCUT2D eigenvalue weighted by molar-refractivity contribution is 5.92. The van der Waals surface area contributed by atoms with E-state index in [4.69, 9.17) is 0 Å². The Morgan fingerprint density at radius 1 is 0.826 bits per heavy atom. The molecular weight excluding hydrogens is 304 g/mol. The molecule has 0 spiro atoms. The maximum Gasteiger partial charge on any atom is 0.333 e. The maximum atomic E-state index is 11.7. The van der Waals surface area contributed by atoms with Crippen molar-refractivity contribution >= 4 is 23.8 Å². The molecule has 9 nitrogen and oxygen atoms in total. The minimum Gasteiger partial charge on any atom is -0.390 e. The van der Waals surface area contributed by atoms with Crippen LogP contribution in [0, 0.1) is 0 Å². The first-order chi connectivity index (χ1) is 11.1. The highest BCUT2D eigenvalue weighted by Crippen LogP contribution is 2.05. The molecule has 2 fully saturated rings. The zero-order valence-electron chi connectivity index (χ0n) is 12.9. The van der Waals surface area contributed by atoms with Crippen LogP contribution in [0.25, 0.3) is 0 Å². The number of ether oxygens (including phenoxy) is 1. The van der Waals surface area contributed by atoms with E-state index in [0.717, 1.165) is 38.8 Å². The van der Waals surface area contributed by atoms with Crippen LogP contribution in [0.3, 0.4) is 0 Å². The van der Waals surface area contributed by atoms with E-state index in [1.54, 1.807) is 0 Å². The van der Waals surface area contributed by atoms with E-state index in [1.165, 1.54) is 0 Å². The van der Waals surface area contributed by atoms with Crippen LogP contribution >= 0.6 is 0 Å². The number of esters is 2. The third-order valence-corrected chi connectivity index (χ3v) is 3.80. The van der Waals surface area contributed by atoms with Gasteiger partial charge in [-0.3, -0.25) is 9.59 Å². The summed E-state index contributed by atoms with van der Waals surface area (Å²) in [6.45, 7) is 0.800. The number of hydrogen-bond donors (Lipinski definition) is 4. The molecule has 2 amide bonds. The fourth-order valence-corrected chi connectivity index (χ4v) is 2.58. The first-order valence-corrected chi connectivity index (χ1v) is 7.82. The molecule has 2 heterocycles. The van der Waals surface area contributed by atoms with Gasteiger partial charge >= 0.3 is 11.9 Å². The molecule has 128 valence electrons. The van der Waals surface area contributed by atoms with E-state index in [1.807, 2.05) is 0 Å². The Morgan fingerprint density at radius 2 is 1.26 bits per heavy atom. The van der Waals surface area contributed by atoms with E-state index < -0.39 is 11.9 Å². The summed E-state index contributed by atoms with van der Waals surface area (Å²) < 4.78 is 4.53. The van der Waals surface area contributed by atoms with Crippen molar-refractivity contribution in [3.05, 3.63) is 0 Å². The van der Waals surface area contributed by atoms with Crippen molar-refractivity contribution < 1.29 is 23.9 Å². The molecule has 2 aliphatic heterocycles. The molecule has 2 atom stereocenters. The van der Waals surface area contributed by atoms with Crippen LogP contribution in [0.4, 0.5) is 0 Å². The van der Waals surface area contributed by atoms with E-state index >= 15 is 0 Å². The summed E-state index contributed by atoms with van der Waals surface area (Å²) in [5, 5.41) is 10.8. The lowest BCUT2D eigenvalue weighted by Gasteiger charge is -2.11. The Labute approximate surface area is 133 Å². The largest absolute Gasteiger partial charge is 0.390 e. The van der Waals surface area contributed by atoms with Crippen molar-refractivity contribution in [2.75, 3.05) is 26.2 Å². The topological polar surface area (TPSA) is 126 Å². The molecule has 0 aromatic carbocycles. The monoisotopic (exact) mass is 326 g/mol. The van der Waals surface area contributed by atoms with Gasteiger partial charge in [-0.25, -0.2) is 9.59 Å². The average molecular weight is 326 g/mol. The molecular formula is C14H22N4O5. The number of amides is 2. The van der Waals surface area contributed by atoms with Gasteiger partial charge in [-0.15, -0.1) is 0 Å². The van der Waals surface area contributed by atoms with E-state index in [2.05, 4.69) is 26.0 Å². The van der Waals surface area contributed by atoms with Gasteiger partial charge in [-0.2, -0.15) is 0 Å². The molecule has 0 saturated carbocycles. The second-order valence-corrected chi connectivity index (χ2v) is 5.58. The number of hydrogen-bond acceptors (Lipinski definition) is 7. The predicted molar refractivity (Wildman–Crippen MR) is 79.2 cm³/mol. The van der Waals surface area contributed by atoms with E-state index in [0.29, 0.717) is 0 Å². The second-order valence-electron chi connectivity index (χ2n) is 5.58. The summed E-state index contributed by atoms with van der Waals surface area (Å²) in [5.74, 6) is -2.27. The minimum atomic E-state index is -0.852. The van der Waals surface area contributed by atoms with Crippen molar-refractivity contribution in [2.45, 2.75) is 37.8 Å². The van der Waals surface area contributed by atoms with Gasteiger partial charge in [0.15, 0.2) is 0 Å². The Hall–Kier alpha value is -2.00. The van der Waals surface area contributed by atoms with E-state index in [9.17, 15) is 19.2 Å². The van der Waals surface area contributed by atoms with Gasteiger partial charge in [0.25, 0.3) is 0 Å². The average Bonchev–Trinajstić information content (AvgIpc) is 3.22. The normalized spacial score (nSPS) is 23.3. The van der Waals surface area contributed by atoms with Crippen molar-refractivity contribution in [1.29, 1.82) is 0 Å². The fourth-order valence-electron chi connectivity index (χ4n) is 2.58. The van der Waals surface area contributed by atoms with Crippen LogP contribution in [-0.2, 0) is 23.9 Å². The molecule has 0 aliphatic carbocycles. The molecule has 2 saturated heterocycles. The smallest absolute Gasteiger partial charge is 0.333 e. The Balaban J connectivity index is 1.59. The molecule has 0 unspecified atom stereocenters. The summed E-state index contributed by atoms with van der Waals surface area (Å²) in [5.41, 5.74) is 0. The van der Waals surface area contributed by atoms with Gasteiger partial charge in [-0.05, 0) is 38.8 Å². The zero-order valence-corrected chi connectivity index (χ0v) is 12.9. The molecule has 0 aromatic rings. The predicted octanol–water partition coefficient (Wildman–Crippen LogP) is -2.21. The standard InChI is InChI=1S/C14H22N4O5/c19-11(7-17-13(21)9-3-1-5-15-9)23-12(20)8-18-14(22)10-4-2-6-16-10/h9-10,15-16H,1-8H2,(H,17,21)(H,18,22)/t9-,10-/m0/s1. The number of carbonyl (C=O) groups excluding carboxylic acids is 4. The highest BCUT2D eigenvalue weighted by atomic mass is 16.6. The van der Waals surface area contributed by atoms with Gasteiger partial charge in [0.05, 0.1) is 12.1 Å². The van der Waals surface area contributed by atoms with Crippen LogP contribution < -0.4 is 21.3 Å². The molecule has 23 heavy (non-hydrogen) atoms. The quantitative estimate of drug-likeness (QED) is 0.322. The third kappa shape index (κ3) is 5.61. The highest BCUT2D eigenvalue weighted by Gasteiger charge is 2.24. The van der Waals surface area contributed by atoms with Gasteiger partial charge in [-0.1, -0.05) is 0 Å². The van der Waals surface area contributed by atoms with Crippen LogP contribution in [0.1, 0.15) is 25.7 Å². The second kappa shape index (κ2) is 8.59. The van der Waals surface area contributed by atoms with Crippen molar-refractivity contribution in [2.24, 2.45) is 0 Å². The van der Waals surface area contributed by atoms with Crippen LogP contribution in [0.2, 0.25) is 0 Å². The number of rotatable bonds is 6. The summed E-state index contributed by atoms with van der Waals surface area (Å²) in [6, 6.07) is -0.589. The Bertz CT molecular complexity index is 428. The molecule has 4 N–H and O–H groups in total. The molecule has 2 aliphatic rings. The van der Waals surface area contributed by atoms with Gasteiger partial charge in [0.1, 0.15) is 13.1 Å². The Morgan fingerprint density at radius 3 is 1.61 bits per heavy atom. The summed E-state index contributed by atoms with van der Waals surface area (Å²) >= 11 is 0. The molecule has 0 aromatic heterocycles. The third-order valence-electron chi connectivity index (χ3n) is 3.80. The van der Waals surface area contributed by atoms with Crippen LogP contribution in [-0.4, -0.2) is 62.0 Å². The SMILES string of the molecule is O=C(CNC(=O)[C@@H]1CCCN1)OC(=O)CNC(=O)[C@@H]1CCCN1. The van der Waals surface area contributed by atoms with Gasteiger partial charge < -0.3 is 26.0 Å². The van der Waals surface area contributed by atoms with E-state index in [-0.39, 0.29) is 37.0 Å². The van der Waals surface area contributed by atoms with Gasteiger partial charge in [0.2, 0.25) is 11.8 Å². The van der Waals surface area contributed by atoms with Crippen LogP contribution in [0.15, 0.2) is 0 Å². The molecule has 2 rings (SSSR count). The maximum absolute atomic E-state index is 11.7. The number of nitrogens with one attached hydrogen (secondary N) is 4. The lowest BCUT2D eigenvalue weighted by atomic mass is 10.2. The summed E-state index contributed by atoms with van der Waals surface area (Å²) in [4.78, 5) is 46.3. The van der Waals surface area contributed by atoms with Crippen molar-refractivity contribution in [3.8, 4) is 0 Å². The lowest BCUT2D eigenvalue weighted by molar-refractivity contribution is -0.159. The molecule has 0 bridgehead atoms.